The molecule has 4 N–H and O–H groups in total. The molecule has 80 valence electrons. The van der Waals surface area contributed by atoms with Crippen LogP contribution in [0.5, 0.6) is 0 Å². The van der Waals surface area contributed by atoms with Crippen molar-refractivity contribution in [2.24, 2.45) is 11.5 Å². The van der Waals surface area contributed by atoms with Crippen LogP contribution in [0, 0.1) is 5.82 Å². The van der Waals surface area contributed by atoms with Gasteiger partial charge in [-0.25, -0.2) is 4.39 Å². The monoisotopic (exact) mass is 226 g/mol. The molecular formula is C10H11FN2OS. The molecular weight excluding hydrogens is 215 g/mol. The maximum atomic E-state index is 12.6. The number of benzene rings is 1. The highest BCUT2D eigenvalue weighted by Gasteiger charge is 1.97. The first-order valence-electron chi connectivity index (χ1n) is 4.22. The number of carbonyl (C=O) groups excluding carboxylic acids is 1. The minimum absolute atomic E-state index is 0.278. The van der Waals surface area contributed by atoms with Crippen LogP contribution in [0.4, 0.5) is 4.39 Å². The summed E-state index contributed by atoms with van der Waals surface area (Å²) in [6, 6.07) is 6.04. The Hall–Kier alpha value is -1.49. The second-order valence-electron chi connectivity index (χ2n) is 2.86. The van der Waals surface area contributed by atoms with E-state index in [1.165, 1.54) is 30.0 Å². The maximum absolute atomic E-state index is 12.6. The van der Waals surface area contributed by atoms with E-state index >= 15 is 0 Å². The van der Waals surface area contributed by atoms with Crippen LogP contribution in [0.3, 0.4) is 0 Å². The average Bonchev–Trinajstić information content (AvgIpc) is 2.16. The van der Waals surface area contributed by atoms with Crippen molar-refractivity contribution in [1.82, 2.24) is 0 Å². The first-order valence-corrected chi connectivity index (χ1v) is 5.20. The summed E-state index contributed by atoms with van der Waals surface area (Å²) in [6.07, 6.45) is 1.18. The van der Waals surface area contributed by atoms with Crippen LogP contribution in [0.1, 0.15) is 0 Å². The smallest absolute Gasteiger partial charge is 0.243 e. The second-order valence-corrected chi connectivity index (χ2v) is 3.91. The van der Waals surface area contributed by atoms with E-state index in [1.807, 2.05) is 0 Å². The van der Waals surface area contributed by atoms with E-state index in [-0.39, 0.29) is 5.82 Å². The fraction of sp³-hybridized carbons (Fsp3) is 0.100. The maximum Gasteiger partial charge on any atom is 0.243 e. The molecule has 0 spiro atoms. The van der Waals surface area contributed by atoms with Crippen LogP contribution < -0.4 is 11.5 Å². The number of thioether (sulfide) groups is 1. The van der Waals surface area contributed by atoms with Gasteiger partial charge < -0.3 is 11.5 Å². The normalized spacial score (nSPS) is 11.4. The van der Waals surface area contributed by atoms with Gasteiger partial charge in [-0.2, -0.15) is 0 Å². The number of halogens is 1. The molecule has 3 nitrogen and oxygen atoms in total. The van der Waals surface area contributed by atoms with E-state index in [2.05, 4.69) is 0 Å². The van der Waals surface area contributed by atoms with E-state index < -0.39 is 5.91 Å². The Labute approximate surface area is 91.3 Å². The number of hydrogen-bond donors (Lipinski definition) is 2. The highest BCUT2D eigenvalue weighted by Crippen LogP contribution is 2.19. The van der Waals surface area contributed by atoms with Gasteiger partial charge in [0.15, 0.2) is 0 Å². The molecule has 1 amide bonds. The fourth-order valence-electron chi connectivity index (χ4n) is 0.922. The van der Waals surface area contributed by atoms with Gasteiger partial charge >= 0.3 is 0 Å². The number of amides is 1. The lowest BCUT2D eigenvalue weighted by Crippen LogP contribution is -2.11. The molecule has 0 atom stereocenters. The Kier molecular flexibility index (Phi) is 4.17. The largest absolute Gasteiger partial charge is 0.401 e. The van der Waals surface area contributed by atoms with Crippen molar-refractivity contribution in [3.63, 3.8) is 0 Å². The number of primary amides is 1. The summed E-state index contributed by atoms with van der Waals surface area (Å²) >= 11 is 1.41. The van der Waals surface area contributed by atoms with Crippen molar-refractivity contribution in [2.75, 3.05) is 5.75 Å². The summed E-state index contributed by atoms with van der Waals surface area (Å²) in [4.78, 5) is 11.4. The van der Waals surface area contributed by atoms with Gasteiger partial charge in [-0.05, 0) is 24.3 Å². The predicted molar refractivity (Wildman–Crippen MR) is 58.6 cm³/mol. The Morgan fingerprint density at radius 1 is 1.33 bits per heavy atom. The van der Waals surface area contributed by atoms with Gasteiger partial charge in [0.05, 0.1) is 0 Å². The molecule has 1 aromatic rings. The molecule has 5 heteroatoms. The number of nitrogens with two attached hydrogens (primary N) is 2. The predicted octanol–water partition coefficient (Wildman–Crippen LogP) is 1.25. The SMILES string of the molecule is NC(=O)/C=C(\N)CSc1ccc(F)cc1. The molecule has 0 saturated heterocycles. The highest BCUT2D eigenvalue weighted by atomic mass is 32.2. The first kappa shape index (κ1) is 11.6. The van der Waals surface area contributed by atoms with Gasteiger partial charge in [0.25, 0.3) is 0 Å². The molecule has 0 aliphatic rings. The van der Waals surface area contributed by atoms with E-state index in [1.54, 1.807) is 12.1 Å². The summed E-state index contributed by atoms with van der Waals surface area (Å²) < 4.78 is 12.6. The zero-order chi connectivity index (χ0) is 11.3. The lowest BCUT2D eigenvalue weighted by Gasteiger charge is -2.01. The zero-order valence-corrected chi connectivity index (χ0v) is 8.76. The summed E-state index contributed by atoms with van der Waals surface area (Å²) in [5, 5.41) is 0. The molecule has 0 fully saturated rings. The first-order chi connectivity index (χ1) is 7.08. The Bertz CT molecular complexity index is 376. The molecule has 0 radical (unpaired) electrons. The van der Waals surface area contributed by atoms with Gasteiger partial charge in [0.1, 0.15) is 5.82 Å². The van der Waals surface area contributed by atoms with Gasteiger partial charge in [-0.15, -0.1) is 11.8 Å². The van der Waals surface area contributed by atoms with E-state index in [9.17, 15) is 9.18 Å². The second kappa shape index (κ2) is 5.41. The van der Waals surface area contributed by atoms with E-state index in [0.717, 1.165) is 4.90 Å². The standard InChI is InChI=1S/C10H11FN2OS/c11-7-1-3-9(4-2-7)15-6-8(12)5-10(13)14/h1-5H,6,12H2,(H2,13,14)/b8-5-. The van der Waals surface area contributed by atoms with Crippen LogP contribution >= 0.6 is 11.8 Å². The van der Waals surface area contributed by atoms with Crippen molar-refractivity contribution in [3.8, 4) is 0 Å². The van der Waals surface area contributed by atoms with Gasteiger partial charge in [-0.1, -0.05) is 0 Å². The molecule has 0 unspecified atom stereocenters. The van der Waals surface area contributed by atoms with Crippen LogP contribution in [0.25, 0.3) is 0 Å². The number of carbonyl (C=O) groups is 1. The van der Waals surface area contributed by atoms with E-state index in [4.69, 9.17) is 11.5 Å². The third-order valence-corrected chi connectivity index (χ3v) is 2.63. The van der Waals surface area contributed by atoms with Crippen LogP contribution in [0.15, 0.2) is 40.9 Å². The molecule has 0 bridgehead atoms. The topological polar surface area (TPSA) is 69.1 Å². The van der Waals surface area contributed by atoms with Crippen LogP contribution in [-0.4, -0.2) is 11.7 Å². The fourth-order valence-corrected chi connectivity index (χ4v) is 1.67. The van der Waals surface area contributed by atoms with Crippen LogP contribution in [0.2, 0.25) is 0 Å². The van der Waals surface area contributed by atoms with Crippen LogP contribution in [-0.2, 0) is 4.79 Å². The lowest BCUT2D eigenvalue weighted by atomic mass is 10.4. The molecule has 1 aromatic carbocycles. The Morgan fingerprint density at radius 2 is 1.93 bits per heavy atom. The summed E-state index contributed by atoms with van der Waals surface area (Å²) in [5.74, 6) is -0.388. The summed E-state index contributed by atoms with van der Waals surface area (Å²) in [6.45, 7) is 0. The van der Waals surface area contributed by atoms with Crippen molar-refractivity contribution in [1.29, 1.82) is 0 Å². The molecule has 15 heavy (non-hydrogen) atoms. The van der Waals surface area contributed by atoms with Crippen molar-refractivity contribution in [2.45, 2.75) is 4.90 Å². The number of rotatable bonds is 4. The molecule has 0 aliphatic carbocycles. The molecule has 1 rings (SSSR count). The Morgan fingerprint density at radius 3 is 2.47 bits per heavy atom. The minimum atomic E-state index is -0.563. The summed E-state index contributed by atoms with van der Waals surface area (Å²) in [5.41, 5.74) is 10.8. The third kappa shape index (κ3) is 4.51. The molecule has 0 aromatic heterocycles. The number of hydrogen-bond acceptors (Lipinski definition) is 3. The molecule has 0 heterocycles. The third-order valence-electron chi connectivity index (χ3n) is 1.55. The minimum Gasteiger partial charge on any atom is -0.401 e. The van der Waals surface area contributed by atoms with Crippen molar-refractivity contribution >= 4 is 17.7 Å². The zero-order valence-electron chi connectivity index (χ0n) is 7.94. The Balaban J connectivity index is 2.50. The van der Waals surface area contributed by atoms with Crippen molar-refractivity contribution < 1.29 is 9.18 Å². The van der Waals surface area contributed by atoms with Crippen molar-refractivity contribution in [3.05, 3.63) is 41.9 Å². The van der Waals surface area contributed by atoms with Gasteiger partial charge in [-0.3, -0.25) is 4.79 Å². The van der Waals surface area contributed by atoms with Gasteiger partial charge in [0.2, 0.25) is 5.91 Å². The average molecular weight is 226 g/mol. The quantitative estimate of drug-likeness (QED) is 0.599. The lowest BCUT2D eigenvalue weighted by molar-refractivity contribution is -0.113. The van der Waals surface area contributed by atoms with Gasteiger partial charge in [0, 0.05) is 22.4 Å². The van der Waals surface area contributed by atoms with E-state index in [0.29, 0.717) is 11.4 Å². The summed E-state index contributed by atoms with van der Waals surface area (Å²) in [7, 11) is 0. The highest BCUT2D eigenvalue weighted by molar-refractivity contribution is 7.99. The molecule has 0 aliphatic heterocycles. The molecule has 0 saturated carbocycles.